The summed E-state index contributed by atoms with van der Waals surface area (Å²) in [5.74, 6) is 0.502. The lowest BCUT2D eigenvalue weighted by Crippen LogP contribution is -2.30. The highest BCUT2D eigenvalue weighted by molar-refractivity contribution is 7.09. The average Bonchev–Trinajstić information content (AvgIpc) is 3.01. The van der Waals surface area contributed by atoms with Gasteiger partial charge in [-0.25, -0.2) is 4.98 Å². The summed E-state index contributed by atoms with van der Waals surface area (Å²) in [6.45, 7) is 5.71. The molecule has 0 radical (unpaired) electrons. The highest BCUT2D eigenvalue weighted by atomic mass is 32.1. The first-order valence-electron chi connectivity index (χ1n) is 8.08. The molecule has 1 N–H and O–H groups in total. The second-order valence-electron chi connectivity index (χ2n) is 5.90. The predicted molar refractivity (Wildman–Crippen MR) is 102 cm³/mol. The van der Waals surface area contributed by atoms with Crippen LogP contribution in [-0.4, -0.2) is 17.0 Å². The van der Waals surface area contributed by atoms with Crippen molar-refractivity contribution in [2.45, 2.75) is 26.9 Å². The van der Waals surface area contributed by atoms with Crippen molar-refractivity contribution < 1.29 is 9.53 Å². The third kappa shape index (κ3) is 4.45. The van der Waals surface area contributed by atoms with E-state index in [4.69, 9.17) is 4.74 Å². The van der Waals surface area contributed by atoms with Crippen LogP contribution in [0.5, 0.6) is 5.75 Å². The van der Waals surface area contributed by atoms with Crippen LogP contribution >= 0.6 is 11.3 Å². The Balaban J connectivity index is 1.68. The van der Waals surface area contributed by atoms with Gasteiger partial charge in [0.2, 0.25) is 0 Å². The van der Waals surface area contributed by atoms with E-state index in [0.29, 0.717) is 5.75 Å². The molecule has 1 heterocycles. The summed E-state index contributed by atoms with van der Waals surface area (Å²) in [5.41, 5.74) is 3.72. The van der Waals surface area contributed by atoms with Crippen molar-refractivity contribution >= 4 is 22.9 Å². The number of nitrogens with zero attached hydrogens (tertiary/aromatic N) is 1. The minimum Gasteiger partial charge on any atom is -0.481 e. The van der Waals surface area contributed by atoms with Gasteiger partial charge in [-0.1, -0.05) is 24.3 Å². The van der Waals surface area contributed by atoms with Gasteiger partial charge in [0.05, 0.1) is 10.7 Å². The number of rotatable bonds is 5. The van der Waals surface area contributed by atoms with Crippen molar-refractivity contribution in [3.8, 4) is 17.0 Å². The molecule has 0 fully saturated rings. The molecule has 3 aromatic rings. The van der Waals surface area contributed by atoms with Crippen LogP contribution < -0.4 is 10.1 Å². The average molecular weight is 352 g/mol. The van der Waals surface area contributed by atoms with Gasteiger partial charge in [-0.2, -0.15) is 0 Å². The molecule has 0 aliphatic rings. The molecule has 0 unspecified atom stereocenters. The first kappa shape index (κ1) is 17.2. The van der Waals surface area contributed by atoms with E-state index >= 15 is 0 Å². The summed E-state index contributed by atoms with van der Waals surface area (Å²) in [6.07, 6.45) is -0.591. The van der Waals surface area contributed by atoms with E-state index in [0.717, 1.165) is 27.5 Å². The maximum Gasteiger partial charge on any atom is 0.265 e. The summed E-state index contributed by atoms with van der Waals surface area (Å²) >= 11 is 1.61. The number of nitrogens with one attached hydrogen (secondary N) is 1. The molecule has 3 rings (SSSR count). The third-order valence-corrected chi connectivity index (χ3v) is 4.49. The summed E-state index contributed by atoms with van der Waals surface area (Å²) in [7, 11) is 0. The molecule has 5 heteroatoms. The van der Waals surface area contributed by atoms with E-state index in [1.807, 2.05) is 67.8 Å². The molecular formula is C20H20N2O2S. The summed E-state index contributed by atoms with van der Waals surface area (Å²) < 4.78 is 5.72. The number of ether oxygens (including phenoxy) is 1. The molecule has 1 atom stereocenters. The number of thiazole rings is 1. The lowest BCUT2D eigenvalue weighted by molar-refractivity contribution is -0.122. The Bertz CT molecular complexity index is 889. The number of carbonyl (C=O) groups excluding carboxylic acids is 1. The normalized spacial score (nSPS) is 11.8. The van der Waals surface area contributed by atoms with E-state index in [-0.39, 0.29) is 5.91 Å². The fraction of sp³-hybridized carbons (Fsp3) is 0.200. The maximum absolute atomic E-state index is 12.4. The number of aromatic nitrogens is 1. The van der Waals surface area contributed by atoms with E-state index in [2.05, 4.69) is 10.3 Å². The van der Waals surface area contributed by atoms with Crippen LogP contribution in [0.3, 0.4) is 0 Å². The lowest BCUT2D eigenvalue weighted by Gasteiger charge is -2.15. The number of amides is 1. The van der Waals surface area contributed by atoms with Crippen LogP contribution in [0.4, 0.5) is 5.69 Å². The minimum absolute atomic E-state index is 0.187. The van der Waals surface area contributed by atoms with Gasteiger partial charge in [-0.05, 0) is 50.6 Å². The predicted octanol–water partition coefficient (Wildman–Crippen LogP) is 4.83. The van der Waals surface area contributed by atoms with Gasteiger partial charge in [-0.15, -0.1) is 11.3 Å². The number of carbonyl (C=O) groups is 1. The van der Waals surface area contributed by atoms with Gasteiger partial charge in [0.25, 0.3) is 5.91 Å². The number of anilines is 1. The number of hydrogen-bond donors (Lipinski definition) is 1. The van der Waals surface area contributed by atoms with E-state index in [1.165, 1.54) is 0 Å². The molecule has 0 saturated heterocycles. The Morgan fingerprint density at radius 1 is 1.16 bits per heavy atom. The Hall–Kier alpha value is -2.66. The highest BCUT2D eigenvalue weighted by Gasteiger charge is 2.15. The van der Waals surface area contributed by atoms with Crippen LogP contribution in [-0.2, 0) is 4.79 Å². The van der Waals surface area contributed by atoms with E-state index in [1.54, 1.807) is 18.3 Å². The Labute approximate surface area is 151 Å². The number of aryl methyl sites for hydroxylation is 2. The Kier molecular flexibility index (Phi) is 5.14. The van der Waals surface area contributed by atoms with Crippen molar-refractivity contribution in [3.05, 3.63) is 64.5 Å². The molecule has 128 valence electrons. The number of hydrogen-bond acceptors (Lipinski definition) is 4. The molecular weight excluding hydrogens is 332 g/mol. The lowest BCUT2D eigenvalue weighted by atomic mass is 10.1. The summed E-state index contributed by atoms with van der Waals surface area (Å²) in [4.78, 5) is 16.9. The van der Waals surface area contributed by atoms with Gasteiger partial charge in [0.15, 0.2) is 6.10 Å². The molecule has 0 aliphatic heterocycles. The summed E-state index contributed by atoms with van der Waals surface area (Å²) in [5, 5.41) is 5.94. The van der Waals surface area contributed by atoms with Crippen LogP contribution in [0.1, 0.15) is 17.5 Å². The molecule has 0 aliphatic carbocycles. The zero-order chi connectivity index (χ0) is 17.8. The van der Waals surface area contributed by atoms with Crippen molar-refractivity contribution in [3.63, 3.8) is 0 Å². The van der Waals surface area contributed by atoms with Crippen molar-refractivity contribution in [1.29, 1.82) is 0 Å². The molecule has 2 aromatic carbocycles. The molecule has 0 spiro atoms. The molecule has 0 saturated carbocycles. The Morgan fingerprint density at radius 3 is 2.68 bits per heavy atom. The largest absolute Gasteiger partial charge is 0.481 e. The van der Waals surface area contributed by atoms with Crippen molar-refractivity contribution in [1.82, 2.24) is 4.98 Å². The van der Waals surface area contributed by atoms with Crippen molar-refractivity contribution in [2.75, 3.05) is 5.32 Å². The summed E-state index contributed by atoms with van der Waals surface area (Å²) in [6, 6.07) is 15.3. The standard InChI is InChI=1S/C20H20N2O2S/c1-13-6-4-9-18(10-13)24-14(2)20(23)22-17-8-5-7-16(11-17)19-12-25-15(3)21-19/h4-12,14H,1-3H3,(H,22,23)/t14-/m0/s1. The van der Waals surface area contributed by atoms with Gasteiger partial charge in [0, 0.05) is 16.6 Å². The van der Waals surface area contributed by atoms with E-state index < -0.39 is 6.10 Å². The quantitative estimate of drug-likeness (QED) is 0.715. The molecule has 1 aromatic heterocycles. The molecule has 4 nitrogen and oxygen atoms in total. The van der Waals surface area contributed by atoms with Gasteiger partial charge >= 0.3 is 0 Å². The maximum atomic E-state index is 12.4. The second-order valence-corrected chi connectivity index (χ2v) is 6.96. The van der Waals surface area contributed by atoms with Crippen molar-refractivity contribution in [2.24, 2.45) is 0 Å². The first-order valence-corrected chi connectivity index (χ1v) is 8.96. The zero-order valence-corrected chi connectivity index (χ0v) is 15.3. The Morgan fingerprint density at radius 2 is 1.96 bits per heavy atom. The number of benzene rings is 2. The van der Waals surface area contributed by atoms with E-state index in [9.17, 15) is 4.79 Å². The fourth-order valence-electron chi connectivity index (χ4n) is 2.44. The van der Waals surface area contributed by atoms with Gasteiger partial charge in [-0.3, -0.25) is 4.79 Å². The van der Waals surface area contributed by atoms with Crippen LogP contribution in [0.2, 0.25) is 0 Å². The fourth-order valence-corrected chi connectivity index (χ4v) is 3.06. The van der Waals surface area contributed by atoms with Crippen LogP contribution in [0.15, 0.2) is 53.9 Å². The smallest absolute Gasteiger partial charge is 0.265 e. The SMILES string of the molecule is Cc1cccc(O[C@@H](C)C(=O)Nc2cccc(-c3csc(C)n3)c2)c1. The topological polar surface area (TPSA) is 51.2 Å². The third-order valence-electron chi connectivity index (χ3n) is 3.72. The van der Waals surface area contributed by atoms with Crippen LogP contribution in [0, 0.1) is 13.8 Å². The molecule has 0 bridgehead atoms. The monoisotopic (exact) mass is 352 g/mol. The molecule has 1 amide bonds. The van der Waals surface area contributed by atoms with Gasteiger partial charge < -0.3 is 10.1 Å². The van der Waals surface area contributed by atoms with Crippen LogP contribution in [0.25, 0.3) is 11.3 Å². The van der Waals surface area contributed by atoms with Gasteiger partial charge in [0.1, 0.15) is 5.75 Å². The second kappa shape index (κ2) is 7.49. The zero-order valence-electron chi connectivity index (χ0n) is 14.4. The minimum atomic E-state index is -0.591. The highest BCUT2D eigenvalue weighted by Crippen LogP contribution is 2.24. The molecule has 25 heavy (non-hydrogen) atoms. The first-order chi connectivity index (χ1) is 12.0.